The zero-order valence-corrected chi connectivity index (χ0v) is 33.4. The molecule has 0 aliphatic rings. The minimum Gasteiger partial charge on any atom is -0.456 e. The summed E-state index contributed by atoms with van der Waals surface area (Å²) in [5, 5.41) is 4.25. The van der Waals surface area contributed by atoms with E-state index in [-0.39, 0.29) is 0 Å². The average molecular weight is 794 g/mol. The lowest BCUT2D eigenvalue weighted by Crippen LogP contribution is -2.01. The molecule has 0 atom stereocenters. The zero-order chi connectivity index (χ0) is 41.0. The first kappa shape index (κ1) is 35.5. The average Bonchev–Trinajstić information content (AvgIpc) is 3.93. The Labute approximate surface area is 357 Å². The molecule has 12 aromatic rings. The summed E-state index contributed by atoms with van der Waals surface area (Å²) >= 11 is 0. The molecule has 3 aromatic heterocycles. The summed E-state index contributed by atoms with van der Waals surface area (Å²) < 4.78 is 12.8. The smallest absolute Gasteiger partial charge is 0.164 e. The van der Waals surface area contributed by atoms with Gasteiger partial charge in [0.25, 0.3) is 0 Å². The molecular formula is C57H35N3O2. The molecule has 0 spiro atoms. The predicted molar refractivity (Wildman–Crippen MR) is 252 cm³/mol. The zero-order valence-electron chi connectivity index (χ0n) is 33.4. The van der Waals surface area contributed by atoms with Crippen molar-refractivity contribution in [3.8, 4) is 78.7 Å². The highest BCUT2D eigenvalue weighted by atomic mass is 16.3. The van der Waals surface area contributed by atoms with Gasteiger partial charge in [-0.3, -0.25) is 0 Å². The summed E-state index contributed by atoms with van der Waals surface area (Å²) in [6, 6.07) is 73.3. The third-order valence-corrected chi connectivity index (χ3v) is 11.8. The molecule has 0 bridgehead atoms. The van der Waals surface area contributed by atoms with E-state index in [0.29, 0.717) is 17.5 Å². The molecule has 0 unspecified atom stereocenters. The fourth-order valence-electron chi connectivity index (χ4n) is 8.84. The van der Waals surface area contributed by atoms with Gasteiger partial charge in [0, 0.05) is 38.2 Å². The number of hydrogen-bond acceptors (Lipinski definition) is 5. The number of hydrogen-bond donors (Lipinski definition) is 0. The number of nitrogens with zero attached hydrogens (tertiary/aromatic N) is 3. The molecule has 62 heavy (non-hydrogen) atoms. The van der Waals surface area contributed by atoms with Crippen LogP contribution in [0.2, 0.25) is 0 Å². The molecule has 0 N–H and O–H groups in total. The lowest BCUT2D eigenvalue weighted by molar-refractivity contribution is 0.668. The van der Waals surface area contributed by atoms with Gasteiger partial charge in [-0.25, -0.2) is 15.0 Å². The fourth-order valence-corrected chi connectivity index (χ4v) is 8.84. The molecule has 12 rings (SSSR count). The summed E-state index contributed by atoms with van der Waals surface area (Å²) in [6.45, 7) is 0. The maximum atomic E-state index is 6.41. The molecule has 5 nitrogen and oxygen atoms in total. The van der Waals surface area contributed by atoms with Gasteiger partial charge >= 0.3 is 0 Å². The van der Waals surface area contributed by atoms with Gasteiger partial charge in [-0.05, 0) is 87.0 Å². The van der Waals surface area contributed by atoms with Crippen LogP contribution in [0.1, 0.15) is 0 Å². The second kappa shape index (κ2) is 14.7. The molecule has 290 valence electrons. The van der Waals surface area contributed by atoms with Gasteiger partial charge in [0.2, 0.25) is 0 Å². The first-order valence-electron chi connectivity index (χ1n) is 20.8. The second-order valence-electron chi connectivity index (χ2n) is 15.5. The van der Waals surface area contributed by atoms with Crippen LogP contribution in [0.15, 0.2) is 221 Å². The molecule has 0 amide bonds. The Morgan fingerprint density at radius 2 is 0.645 bits per heavy atom. The van der Waals surface area contributed by atoms with E-state index in [1.54, 1.807) is 0 Å². The third-order valence-electron chi connectivity index (χ3n) is 11.8. The number of benzene rings is 9. The molecule has 0 saturated heterocycles. The SMILES string of the molecule is c1ccc(-c2ccc(-c3nc(-c4cc(-c5cccc6oc7ccccc7c56)cc(-c5cccc6oc7ccccc7c56)c4)nc(-c4ccccc4-c4ccccc4)n3)cc2)cc1. The lowest BCUT2D eigenvalue weighted by Gasteiger charge is -2.15. The van der Waals surface area contributed by atoms with Gasteiger partial charge in [0.1, 0.15) is 22.3 Å². The highest BCUT2D eigenvalue weighted by molar-refractivity contribution is 6.15. The second-order valence-corrected chi connectivity index (χ2v) is 15.5. The van der Waals surface area contributed by atoms with E-state index in [1.807, 2.05) is 54.6 Å². The standard InChI is InChI=1S/C57H35N3O2/c1-3-15-36(16-4-1)37-29-31-39(32-30-37)55-58-56(60-57(59-55)46-20-8-7-19-43(46)38-17-5-2-6-18-38)42-34-40(44-23-13-27-51-53(44)47-21-9-11-25-49(47)61-51)33-41(35-42)45-24-14-28-52-54(45)48-22-10-12-26-50(48)62-52/h1-35H. The van der Waals surface area contributed by atoms with E-state index in [0.717, 1.165) is 105 Å². The summed E-state index contributed by atoms with van der Waals surface area (Å²) in [7, 11) is 0. The van der Waals surface area contributed by atoms with Gasteiger partial charge in [-0.1, -0.05) is 170 Å². The van der Waals surface area contributed by atoms with Crippen molar-refractivity contribution in [1.82, 2.24) is 15.0 Å². The Kier molecular flexibility index (Phi) is 8.42. The Hall–Kier alpha value is -8.41. The van der Waals surface area contributed by atoms with Gasteiger partial charge in [0.05, 0.1) is 0 Å². The van der Waals surface area contributed by atoms with Crippen LogP contribution >= 0.6 is 0 Å². The molecule has 0 aliphatic heterocycles. The van der Waals surface area contributed by atoms with Crippen molar-refractivity contribution in [3.05, 3.63) is 212 Å². The van der Waals surface area contributed by atoms with Gasteiger partial charge < -0.3 is 8.83 Å². The van der Waals surface area contributed by atoms with Crippen LogP contribution in [0.3, 0.4) is 0 Å². The first-order chi connectivity index (χ1) is 30.7. The van der Waals surface area contributed by atoms with Crippen LogP contribution < -0.4 is 0 Å². The summed E-state index contributed by atoms with van der Waals surface area (Å²) in [6.07, 6.45) is 0. The maximum Gasteiger partial charge on any atom is 0.164 e. The van der Waals surface area contributed by atoms with Crippen molar-refractivity contribution in [2.75, 3.05) is 0 Å². The monoisotopic (exact) mass is 793 g/mol. The Morgan fingerprint density at radius 3 is 1.24 bits per heavy atom. The number of rotatable bonds is 7. The van der Waals surface area contributed by atoms with E-state index in [9.17, 15) is 0 Å². The largest absolute Gasteiger partial charge is 0.456 e. The van der Waals surface area contributed by atoms with Gasteiger partial charge in [-0.2, -0.15) is 0 Å². The van der Waals surface area contributed by atoms with Crippen LogP contribution in [0.25, 0.3) is 123 Å². The normalized spacial score (nSPS) is 11.5. The Balaban J connectivity index is 1.12. The van der Waals surface area contributed by atoms with E-state index in [2.05, 4.69) is 158 Å². The quantitative estimate of drug-likeness (QED) is 0.161. The van der Waals surface area contributed by atoms with Crippen molar-refractivity contribution in [1.29, 1.82) is 0 Å². The number of furan rings is 2. The van der Waals surface area contributed by atoms with Crippen molar-refractivity contribution in [3.63, 3.8) is 0 Å². The van der Waals surface area contributed by atoms with Crippen LogP contribution in [-0.2, 0) is 0 Å². The molecule has 0 saturated carbocycles. The molecule has 0 aliphatic carbocycles. The Morgan fingerprint density at radius 1 is 0.242 bits per heavy atom. The van der Waals surface area contributed by atoms with E-state index in [4.69, 9.17) is 23.8 Å². The maximum absolute atomic E-state index is 6.41. The minimum absolute atomic E-state index is 0.566. The molecule has 9 aromatic carbocycles. The molecule has 3 heterocycles. The van der Waals surface area contributed by atoms with Crippen molar-refractivity contribution >= 4 is 43.9 Å². The number of aromatic nitrogens is 3. The van der Waals surface area contributed by atoms with Crippen molar-refractivity contribution in [2.24, 2.45) is 0 Å². The highest BCUT2D eigenvalue weighted by Crippen LogP contribution is 2.43. The van der Waals surface area contributed by atoms with E-state index < -0.39 is 0 Å². The van der Waals surface area contributed by atoms with Gasteiger partial charge in [-0.15, -0.1) is 0 Å². The van der Waals surface area contributed by atoms with Crippen LogP contribution in [0.5, 0.6) is 0 Å². The van der Waals surface area contributed by atoms with Gasteiger partial charge in [0.15, 0.2) is 17.5 Å². The summed E-state index contributed by atoms with van der Waals surface area (Å²) in [5.74, 6) is 1.75. The molecule has 0 radical (unpaired) electrons. The Bertz CT molecular complexity index is 3490. The summed E-state index contributed by atoms with van der Waals surface area (Å²) in [5.41, 5.74) is 14.6. The fraction of sp³-hybridized carbons (Fsp3) is 0. The lowest BCUT2D eigenvalue weighted by atomic mass is 9.92. The summed E-state index contributed by atoms with van der Waals surface area (Å²) in [4.78, 5) is 15.9. The van der Waals surface area contributed by atoms with Crippen LogP contribution in [0, 0.1) is 0 Å². The van der Waals surface area contributed by atoms with E-state index >= 15 is 0 Å². The van der Waals surface area contributed by atoms with Crippen LogP contribution in [0.4, 0.5) is 0 Å². The van der Waals surface area contributed by atoms with E-state index in [1.165, 1.54) is 0 Å². The minimum atomic E-state index is 0.566. The van der Waals surface area contributed by atoms with Crippen molar-refractivity contribution in [2.45, 2.75) is 0 Å². The van der Waals surface area contributed by atoms with Crippen LogP contribution in [-0.4, -0.2) is 15.0 Å². The molecular weight excluding hydrogens is 759 g/mol. The topological polar surface area (TPSA) is 65.0 Å². The first-order valence-corrected chi connectivity index (χ1v) is 20.8. The molecule has 0 fully saturated rings. The predicted octanol–water partition coefficient (Wildman–Crippen LogP) is 15.3. The van der Waals surface area contributed by atoms with Crippen molar-refractivity contribution < 1.29 is 8.83 Å². The molecule has 5 heteroatoms. The number of para-hydroxylation sites is 2. The highest BCUT2D eigenvalue weighted by Gasteiger charge is 2.20. The number of fused-ring (bicyclic) bond motifs is 6. The third kappa shape index (κ3) is 6.14.